The van der Waals surface area contributed by atoms with E-state index in [-0.39, 0.29) is 17.7 Å². The van der Waals surface area contributed by atoms with Gasteiger partial charge in [0.1, 0.15) is 0 Å². The van der Waals surface area contributed by atoms with Crippen LogP contribution in [0.3, 0.4) is 0 Å². The van der Waals surface area contributed by atoms with Gasteiger partial charge in [-0.2, -0.15) is 0 Å². The van der Waals surface area contributed by atoms with E-state index in [0.29, 0.717) is 0 Å². The van der Waals surface area contributed by atoms with E-state index in [9.17, 15) is 9.59 Å². The van der Waals surface area contributed by atoms with Crippen LogP contribution in [0, 0.1) is 0 Å². The van der Waals surface area contributed by atoms with Crippen molar-refractivity contribution in [2.75, 3.05) is 5.75 Å². The average Bonchev–Trinajstić information content (AvgIpc) is 2.13. The Morgan fingerprint density at radius 3 is 2.43 bits per heavy atom. The first-order chi connectivity index (χ1) is 6.47. The molecule has 0 fully saturated rings. The van der Waals surface area contributed by atoms with Gasteiger partial charge in [-0.15, -0.1) is 11.8 Å². The number of hydrogen-bond donors (Lipinski definition) is 2. The number of carbonyl (C=O) groups excluding carboxylic acids is 1. The van der Waals surface area contributed by atoms with Gasteiger partial charge in [0.15, 0.2) is 0 Å². The fraction of sp³-hybridized carbons (Fsp3) is 0.778. The summed E-state index contributed by atoms with van der Waals surface area (Å²) in [4.78, 5) is 21.7. The molecule has 5 heteroatoms. The van der Waals surface area contributed by atoms with Crippen LogP contribution in [0.25, 0.3) is 0 Å². The molecule has 0 rings (SSSR count). The molecule has 0 aliphatic carbocycles. The number of thioether (sulfide) groups is 1. The van der Waals surface area contributed by atoms with E-state index in [1.165, 1.54) is 0 Å². The molecule has 1 amide bonds. The number of carbonyl (C=O) groups is 2. The van der Waals surface area contributed by atoms with Crippen LogP contribution in [0.4, 0.5) is 0 Å². The molecule has 0 saturated carbocycles. The summed E-state index contributed by atoms with van der Waals surface area (Å²) in [7, 11) is 0. The molecular weight excluding hydrogens is 202 g/mol. The molecule has 4 nitrogen and oxygen atoms in total. The minimum Gasteiger partial charge on any atom is -0.480 e. The lowest BCUT2D eigenvalue weighted by molar-refractivity contribution is -0.136. The monoisotopic (exact) mass is 219 g/mol. The molecule has 0 aromatic rings. The number of nitrogens with one attached hydrogen (secondary N) is 1. The van der Waals surface area contributed by atoms with Gasteiger partial charge in [0.05, 0.1) is 11.0 Å². The zero-order valence-electron chi connectivity index (χ0n) is 8.74. The highest BCUT2D eigenvalue weighted by Crippen LogP contribution is 2.09. The Kier molecular flexibility index (Phi) is 6.36. The van der Waals surface area contributed by atoms with Gasteiger partial charge in [0.25, 0.3) is 0 Å². The molecule has 2 unspecified atom stereocenters. The van der Waals surface area contributed by atoms with E-state index >= 15 is 0 Å². The SMILES string of the molecule is CCC(C)NC(=O)CSC(C)C(=O)O. The van der Waals surface area contributed by atoms with Crippen molar-refractivity contribution < 1.29 is 14.7 Å². The molecule has 0 aliphatic heterocycles. The van der Waals surface area contributed by atoms with Gasteiger partial charge in [-0.25, -0.2) is 0 Å². The van der Waals surface area contributed by atoms with Crippen molar-refractivity contribution in [2.45, 2.75) is 38.5 Å². The normalized spacial score (nSPS) is 14.5. The van der Waals surface area contributed by atoms with Crippen molar-refractivity contribution in [2.24, 2.45) is 0 Å². The molecule has 0 heterocycles. The number of aliphatic carboxylic acids is 1. The first kappa shape index (κ1) is 13.3. The maximum absolute atomic E-state index is 11.2. The molecule has 0 aromatic carbocycles. The Labute approximate surface area is 88.4 Å². The van der Waals surface area contributed by atoms with Crippen LogP contribution in [0.1, 0.15) is 27.2 Å². The highest BCUT2D eigenvalue weighted by atomic mass is 32.2. The summed E-state index contributed by atoms with van der Waals surface area (Å²) in [5.41, 5.74) is 0. The lowest BCUT2D eigenvalue weighted by atomic mass is 10.3. The van der Waals surface area contributed by atoms with Crippen LogP contribution in [-0.4, -0.2) is 34.0 Å². The van der Waals surface area contributed by atoms with Crippen LogP contribution in [-0.2, 0) is 9.59 Å². The predicted molar refractivity (Wildman–Crippen MR) is 57.5 cm³/mol. The second kappa shape index (κ2) is 6.70. The number of carboxylic acids is 1. The van der Waals surface area contributed by atoms with E-state index < -0.39 is 11.2 Å². The summed E-state index contributed by atoms with van der Waals surface area (Å²) in [5.74, 6) is -0.776. The summed E-state index contributed by atoms with van der Waals surface area (Å²) in [6.45, 7) is 5.48. The van der Waals surface area contributed by atoms with Gasteiger partial charge in [-0.05, 0) is 20.3 Å². The van der Waals surface area contributed by atoms with Crippen molar-refractivity contribution >= 4 is 23.6 Å². The third-order valence-corrected chi connectivity index (χ3v) is 2.96. The molecule has 0 radical (unpaired) electrons. The van der Waals surface area contributed by atoms with Crippen molar-refractivity contribution in [3.63, 3.8) is 0 Å². The molecule has 2 N–H and O–H groups in total. The standard InChI is InChI=1S/C9H17NO3S/c1-4-6(2)10-8(11)5-14-7(3)9(12)13/h6-7H,4-5H2,1-3H3,(H,10,11)(H,12,13). The summed E-state index contributed by atoms with van der Waals surface area (Å²) < 4.78 is 0. The second-order valence-corrected chi connectivity index (χ2v) is 4.50. The van der Waals surface area contributed by atoms with Gasteiger partial charge < -0.3 is 10.4 Å². The molecule has 82 valence electrons. The van der Waals surface area contributed by atoms with Crippen molar-refractivity contribution in [3.8, 4) is 0 Å². The lowest BCUT2D eigenvalue weighted by Gasteiger charge is -2.11. The first-order valence-corrected chi connectivity index (χ1v) is 5.66. The molecule has 0 aliphatic rings. The Bertz CT molecular complexity index is 208. The maximum atomic E-state index is 11.2. The Morgan fingerprint density at radius 1 is 1.43 bits per heavy atom. The number of hydrogen-bond acceptors (Lipinski definition) is 3. The van der Waals surface area contributed by atoms with Crippen LogP contribution in [0.5, 0.6) is 0 Å². The highest BCUT2D eigenvalue weighted by molar-refractivity contribution is 8.01. The van der Waals surface area contributed by atoms with Gasteiger partial charge in [-0.1, -0.05) is 6.92 Å². The van der Waals surface area contributed by atoms with Gasteiger partial charge in [-0.3, -0.25) is 9.59 Å². The second-order valence-electron chi connectivity index (χ2n) is 3.17. The fourth-order valence-corrected chi connectivity index (χ4v) is 1.32. The molecule has 0 saturated heterocycles. The fourth-order valence-electron chi connectivity index (χ4n) is 0.691. The smallest absolute Gasteiger partial charge is 0.316 e. The van der Waals surface area contributed by atoms with Crippen molar-refractivity contribution in [1.82, 2.24) is 5.32 Å². The number of amides is 1. The van der Waals surface area contributed by atoms with E-state index in [1.54, 1.807) is 6.92 Å². The maximum Gasteiger partial charge on any atom is 0.316 e. The van der Waals surface area contributed by atoms with E-state index in [4.69, 9.17) is 5.11 Å². The van der Waals surface area contributed by atoms with Crippen molar-refractivity contribution in [3.05, 3.63) is 0 Å². The lowest BCUT2D eigenvalue weighted by Crippen LogP contribution is -2.34. The number of rotatable bonds is 6. The third-order valence-electron chi connectivity index (χ3n) is 1.83. The van der Waals surface area contributed by atoms with E-state index in [2.05, 4.69) is 5.32 Å². The molecule has 0 bridgehead atoms. The third kappa shape index (κ3) is 5.85. The van der Waals surface area contributed by atoms with Crippen LogP contribution < -0.4 is 5.32 Å². The first-order valence-electron chi connectivity index (χ1n) is 4.61. The molecule has 0 aromatic heterocycles. The minimum atomic E-state index is -0.883. The Balaban J connectivity index is 3.69. The largest absolute Gasteiger partial charge is 0.480 e. The summed E-state index contributed by atoms with van der Waals surface area (Å²) in [6, 6.07) is 0.156. The van der Waals surface area contributed by atoms with E-state index in [0.717, 1.165) is 18.2 Å². The van der Waals surface area contributed by atoms with Crippen LogP contribution >= 0.6 is 11.8 Å². The minimum absolute atomic E-state index is 0.0996. The highest BCUT2D eigenvalue weighted by Gasteiger charge is 2.13. The molecular formula is C9H17NO3S. The predicted octanol–water partition coefficient (Wildman–Crippen LogP) is 1.11. The zero-order valence-corrected chi connectivity index (χ0v) is 9.56. The summed E-state index contributed by atoms with van der Waals surface area (Å²) >= 11 is 1.13. The average molecular weight is 219 g/mol. The Hall–Kier alpha value is -0.710. The summed E-state index contributed by atoms with van der Waals surface area (Å²) in [6.07, 6.45) is 0.880. The zero-order chi connectivity index (χ0) is 11.1. The van der Waals surface area contributed by atoms with Crippen LogP contribution in [0.15, 0.2) is 0 Å². The van der Waals surface area contributed by atoms with Crippen molar-refractivity contribution in [1.29, 1.82) is 0 Å². The summed E-state index contributed by atoms with van der Waals surface area (Å²) in [5, 5.41) is 10.8. The van der Waals surface area contributed by atoms with Crippen LogP contribution in [0.2, 0.25) is 0 Å². The Morgan fingerprint density at radius 2 is 2.00 bits per heavy atom. The molecule has 0 spiro atoms. The van der Waals surface area contributed by atoms with Gasteiger partial charge >= 0.3 is 5.97 Å². The van der Waals surface area contributed by atoms with Gasteiger partial charge in [0, 0.05) is 6.04 Å². The topological polar surface area (TPSA) is 66.4 Å². The van der Waals surface area contributed by atoms with E-state index in [1.807, 2.05) is 13.8 Å². The molecule has 14 heavy (non-hydrogen) atoms. The number of carboxylic acid groups (broad SMARTS) is 1. The molecule has 2 atom stereocenters. The van der Waals surface area contributed by atoms with Gasteiger partial charge in [0.2, 0.25) is 5.91 Å². The quantitative estimate of drug-likeness (QED) is 0.702.